The van der Waals surface area contributed by atoms with Crippen LogP contribution in [0.5, 0.6) is 0 Å². The minimum absolute atomic E-state index is 0.0321. The number of nitrogens with zero attached hydrogens (tertiary/aromatic N) is 3. The van der Waals surface area contributed by atoms with E-state index >= 15 is 0 Å². The predicted molar refractivity (Wildman–Crippen MR) is 119 cm³/mol. The molecule has 0 unspecified atom stereocenters. The van der Waals surface area contributed by atoms with E-state index < -0.39 is 7.92 Å². The number of carbonyl (C=O) groups excluding carboxylic acids is 1. The van der Waals surface area contributed by atoms with Crippen LogP contribution in [0.15, 0.2) is 24.3 Å². The number of imidazole rings is 1. The van der Waals surface area contributed by atoms with Crippen LogP contribution in [0.3, 0.4) is 0 Å². The maximum Gasteiger partial charge on any atom is 0.330 e. The maximum absolute atomic E-state index is 13.7. The largest absolute Gasteiger partial charge is 0.330 e. The summed E-state index contributed by atoms with van der Waals surface area (Å²) in [4.78, 5) is 20.7. The fourth-order valence-corrected chi connectivity index (χ4v) is 7.93. The first-order valence-electron chi connectivity index (χ1n) is 9.87. The summed E-state index contributed by atoms with van der Waals surface area (Å²) < 4.78 is 1.90. The lowest BCUT2D eigenvalue weighted by molar-refractivity contribution is 0.168. The second-order valence-electron chi connectivity index (χ2n) is 9.79. The Balaban J connectivity index is 2.82. The van der Waals surface area contributed by atoms with Crippen molar-refractivity contribution >= 4 is 30.6 Å². The van der Waals surface area contributed by atoms with Crippen molar-refractivity contribution in [3.8, 4) is 0 Å². The number of carbonyl (C=O) groups is 1. The molecule has 0 aliphatic carbocycles. The maximum atomic E-state index is 13.7. The Morgan fingerprint density at radius 1 is 0.963 bits per heavy atom. The molecule has 0 saturated heterocycles. The summed E-state index contributed by atoms with van der Waals surface area (Å²) in [5.74, 6) is 0. The minimum atomic E-state index is -0.697. The van der Waals surface area contributed by atoms with Crippen molar-refractivity contribution in [2.45, 2.75) is 91.6 Å². The zero-order valence-corrected chi connectivity index (χ0v) is 19.6. The normalized spacial score (nSPS) is 13.2. The molecule has 0 radical (unpaired) electrons. The van der Waals surface area contributed by atoms with Gasteiger partial charge in [0, 0.05) is 12.1 Å². The number of para-hydroxylation sites is 2. The molecular weight excluding hydrogens is 353 g/mol. The Bertz CT molecular complexity index is 787. The van der Waals surface area contributed by atoms with Crippen LogP contribution in [-0.2, 0) is 0 Å². The summed E-state index contributed by atoms with van der Waals surface area (Å²) in [5.41, 5.74) is 2.74. The van der Waals surface area contributed by atoms with Gasteiger partial charge in [-0.05, 0) is 58.1 Å². The van der Waals surface area contributed by atoms with Crippen LogP contribution < -0.4 is 5.57 Å². The summed E-state index contributed by atoms with van der Waals surface area (Å²) in [6.07, 6.45) is 0. The lowest BCUT2D eigenvalue weighted by Crippen LogP contribution is -2.48. The Labute approximate surface area is 166 Å². The molecule has 4 nitrogen and oxygen atoms in total. The van der Waals surface area contributed by atoms with Crippen molar-refractivity contribution in [2.24, 2.45) is 0 Å². The first-order valence-corrected chi connectivity index (χ1v) is 11.2. The third kappa shape index (κ3) is 4.37. The summed E-state index contributed by atoms with van der Waals surface area (Å²) in [5, 5.41) is 0.0704. The Kier molecular flexibility index (Phi) is 6.11. The molecule has 1 heterocycles. The molecule has 1 amide bonds. The number of hydrogen-bond donors (Lipinski definition) is 0. The molecule has 0 spiro atoms. The molecular formula is C22H36N3OP. The van der Waals surface area contributed by atoms with Crippen LogP contribution in [0.4, 0.5) is 4.79 Å². The SMILES string of the molecule is CC(C)N(C(=O)n1c(P(C(C)(C)C)C(C)(C)C)nc2ccccc21)C(C)C. The Hall–Kier alpha value is -1.41. The second-order valence-corrected chi connectivity index (χ2v) is 13.5. The Morgan fingerprint density at radius 2 is 1.44 bits per heavy atom. The monoisotopic (exact) mass is 389 g/mol. The van der Waals surface area contributed by atoms with Crippen molar-refractivity contribution in [2.75, 3.05) is 0 Å². The van der Waals surface area contributed by atoms with Crippen molar-refractivity contribution < 1.29 is 4.79 Å². The number of rotatable bonds is 3. The van der Waals surface area contributed by atoms with Gasteiger partial charge in [0.15, 0.2) is 0 Å². The average molecular weight is 390 g/mol. The third-order valence-electron chi connectivity index (χ3n) is 4.61. The lowest BCUT2D eigenvalue weighted by atomic mass is 10.2. The van der Waals surface area contributed by atoms with E-state index in [1.807, 2.05) is 33.7 Å². The van der Waals surface area contributed by atoms with E-state index in [2.05, 4.69) is 69.2 Å². The van der Waals surface area contributed by atoms with Gasteiger partial charge in [0.05, 0.1) is 11.0 Å². The zero-order valence-electron chi connectivity index (χ0n) is 18.7. The fourth-order valence-electron chi connectivity index (χ4n) is 4.11. The van der Waals surface area contributed by atoms with Crippen LogP contribution >= 0.6 is 7.92 Å². The molecule has 0 fully saturated rings. The average Bonchev–Trinajstić information content (AvgIpc) is 2.81. The van der Waals surface area contributed by atoms with Crippen molar-refractivity contribution in [1.29, 1.82) is 0 Å². The van der Waals surface area contributed by atoms with Gasteiger partial charge in [0.25, 0.3) is 0 Å². The van der Waals surface area contributed by atoms with Gasteiger partial charge in [-0.2, -0.15) is 0 Å². The molecule has 0 aliphatic rings. The van der Waals surface area contributed by atoms with Crippen LogP contribution in [0.25, 0.3) is 11.0 Å². The van der Waals surface area contributed by atoms with Crippen LogP contribution in [-0.4, -0.2) is 42.9 Å². The first-order chi connectivity index (χ1) is 12.3. The number of amides is 1. The van der Waals surface area contributed by atoms with E-state index in [1.165, 1.54) is 0 Å². The van der Waals surface area contributed by atoms with E-state index in [0.717, 1.165) is 16.6 Å². The van der Waals surface area contributed by atoms with E-state index in [9.17, 15) is 4.79 Å². The topological polar surface area (TPSA) is 38.1 Å². The third-order valence-corrected chi connectivity index (χ3v) is 7.99. The molecule has 0 atom stereocenters. The van der Waals surface area contributed by atoms with Crippen molar-refractivity contribution in [3.63, 3.8) is 0 Å². The molecule has 5 heteroatoms. The fraction of sp³-hybridized carbons (Fsp3) is 0.636. The van der Waals surface area contributed by atoms with E-state index in [4.69, 9.17) is 4.98 Å². The number of benzene rings is 1. The van der Waals surface area contributed by atoms with Crippen molar-refractivity contribution in [3.05, 3.63) is 24.3 Å². The molecule has 150 valence electrons. The highest BCUT2D eigenvalue weighted by Gasteiger charge is 2.41. The van der Waals surface area contributed by atoms with Gasteiger partial charge < -0.3 is 4.90 Å². The molecule has 0 aliphatic heterocycles. The van der Waals surface area contributed by atoms with Crippen LogP contribution in [0.1, 0.15) is 69.2 Å². The quantitative estimate of drug-likeness (QED) is 0.620. The van der Waals surface area contributed by atoms with E-state index in [-0.39, 0.29) is 28.4 Å². The molecule has 2 aromatic rings. The van der Waals surface area contributed by atoms with Gasteiger partial charge in [-0.15, -0.1) is 0 Å². The van der Waals surface area contributed by atoms with Gasteiger partial charge >= 0.3 is 6.03 Å². The van der Waals surface area contributed by atoms with Gasteiger partial charge in [0.1, 0.15) is 5.57 Å². The standard InChI is InChI=1S/C22H36N3OP/c1-15(2)24(16(3)4)20(26)25-18-14-12-11-13-17(18)23-19(25)27(21(5,6)7)22(8,9)10/h11-16H,1-10H3. The zero-order chi connectivity index (χ0) is 20.7. The summed E-state index contributed by atoms with van der Waals surface area (Å²) in [7, 11) is -0.697. The minimum Gasteiger partial charge on any atom is -0.319 e. The van der Waals surface area contributed by atoms with Crippen molar-refractivity contribution in [1.82, 2.24) is 14.5 Å². The van der Waals surface area contributed by atoms with Crippen LogP contribution in [0.2, 0.25) is 0 Å². The lowest BCUT2D eigenvalue weighted by Gasteiger charge is -2.41. The number of hydrogen-bond acceptors (Lipinski definition) is 2. The second kappa shape index (κ2) is 7.54. The molecule has 27 heavy (non-hydrogen) atoms. The summed E-state index contributed by atoms with van der Waals surface area (Å²) in [6.45, 7) is 21.9. The summed E-state index contributed by atoms with van der Waals surface area (Å²) in [6, 6.07) is 8.29. The number of fused-ring (bicyclic) bond motifs is 1. The van der Waals surface area contributed by atoms with E-state index in [1.54, 1.807) is 0 Å². The van der Waals surface area contributed by atoms with Crippen LogP contribution in [0, 0.1) is 0 Å². The highest BCUT2D eigenvalue weighted by Crippen LogP contribution is 2.58. The molecule has 1 aromatic carbocycles. The first kappa shape index (κ1) is 21.9. The van der Waals surface area contributed by atoms with Gasteiger partial charge in [-0.1, -0.05) is 53.7 Å². The predicted octanol–water partition coefficient (Wildman–Crippen LogP) is 5.83. The molecule has 1 aromatic heterocycles. The molecule has 0 saturated carbocycles. The van der Waals surface area contributed by atoms with Gasteiger partial charge in [-0.25, -0.2) is 14.3 Å². The smallest absolute Gasteiger partial charge is 0.319 e. The molecule has 2 rings (SSSR count). The molecule has 0 N–H and O–H groups in total. The van der Waals surface area contributed by atoms with Gasteiger partial charge in [-0.3, -0.25) is 0 Å². The Morgan fingerprint density at radius 3 is 1.89 bits per heavy atom. The highest BCUT2D eigenvalue weighted by atomic mass is 31.1. The van der Waals surface area contributed by atoms with Gasteiger partial charge in [0.2, 0.25) is 0 Å². The van der Waals surface area contributed by atoms with E-state index in [0.29, 0.717) is 0 Å². The summed E-state index contributed by atoms with van der Waals surface area (Å²) >= 11 is 0. The molecule has 0 bridgehead atoms. The highest BCUT2D eigenvalue weighted by molar-refractivity contribution is 7.68. The number of aromatic nitrogens is 2.